The van der Waals surface area contributed by atoms with Crippen LogP contribution in [0.25, 0.3) is 10.8 Å². The highest BCUT2D eigenvalue weighted by Crippen LogP contribution is 2.30. The van der Waals surface area contributed by atoms with Crippen molar-refractivity contribution in [2.75, 3.05) is 0 Å². The second-order valence-corrected chi connectivity index (χ2v) is 4.41. The van der Waals surface area contributed by atoms with Gasteiger partial charge in [0.2, 0.25) is 5.91 Å². The number of benzene rings is 2. The first-order valence-electron chi connectivity index (χ1n) is 6.09. The number of amides is 1. The Morgan fingerprint density at radius 2 is 1.67 bits per heavy atom. The molecule has 0 aliphatic rings. The molecular weight excluding hydrogens is 274 g/mol. The minimum absolute atomic E-state index is 0.192. The van der Waals surface area contributed by atoms with E-state index in [9.17, 15) is 19.8 Å². The number of rotatable bonds is 4. The third kappa shape index (κ3) is 3.73. The summed E-state index contributed by atoms with van der Waals surface area (Å²) in [4.78, 5) is 21.6. The largest absolute Gasteiger partial charge is 0.504 e. The molecule has 2 aromatic rings. The van der Waals surface area contributed by atoms with Crippen molar-refractivity contribution in [1.29, 1.82) is 0 Å². The Bertz CT molecular complexity index is 736. The van der Waals surface area contributed by atoms with Crippen molar-refractivity contribution in [1.82, 2.24) is 5.32 Å². The molecule has 0 unspecified atom stereocenters. The number of nitrogens with one attached hydrogen (secondary N) is 1. The minimum Gasteiger partial charge on any atom is -0.504 e. The van der Waals surface area contributed by atoms with Gasteiger partial charge in [-0.15, -0.1) is 0 Å². The number of phenolic OH excluding ortho intramolecular Hbond substituents is 2. The van der Waals surface area contributed by atoms with Crippen LogP contribution < -0.4 is 5.32 Å². The molecule has 0 aromatic heterocycles. The van der Waals surface area contributed by atoms with E-state index in [0.717, 1.165) is 28.5 Å². The number of phenols is 2. The molecule has 1 amide bonds. The van der Waals surface area contributed by atoms with Gasteiger partial charge in [-0.05, 0) is 34.5 Å². The van der Waals surface area contributed by atoms with E-state index in [1.807, 2.05) is 0 Å². The molecule has 0 heterocycles. The van der Waals surface area contributed by atoms with Crippen molar-refractivity contribution in [3.63, 3.8) is 0 Å². The van der Waals surface area contributed by atoms with Crippen LogP contribution in [-0.2, 0) is 16.1 Å². The lowest BCUT2D eigenvalue weighted by Crippen LogP contribution is -2.20. The molecule has 0 atom stereocenters. The third-order valence-corrected chi connectivity index (χ3v) is 2.84. The highest BCUT2D eigenvalue weighted by Gasteiger charge is 2.04. The van der Waals surface area contributed by atoms with Crippen molar-refractivity contribution < 1.29 is 24.9 Å². The number of hydrogen-bond donors (Lipinski definition) is 4. The van der Waals surface area contributed by atoms with E-state index in [0.29, 0.717) is 0 Å². The molecule has 0 aliphatic heterocycles. The summed E-state index contributed by atoms with van der Waals surface area (Å²) in [5.41, 5.74) is 0.782. The zero-order valence-corrected chi connectivity index (χ0v) is 10.9. The van der Waals surface area contributed by atoms with Crippen LogP contribution in [0.4, 0.5) is 0 Å². The number of hydrogen-bond acceptors (Lipinski definition) is 4. The van der Waals surface area contributed by atoms with E-state index in [2.05, 4.69) is 5.32 Å². The van der Waals surface area contributed by atoms with E-state index >= 15 is 0 Å². The second kappa shape index (κ2) is 5.96. The average molecular weight is 287 g/mol. The molecule has 6 heteroatoms. The maximum Gasteiger partial charge on any atom is 0.328 e. The predicted octanol–water partition coefficient (Wildman–Crippen LogP) is 1.51. The van der Waals surface area contributed by atoms with Crippen LogP contribution in [0.2, 0.25) is 0 Å². The molecule has 4 N–H and O–H groups in total. The topological polar surface area (TPSA) is 107 Å². The highest BCUT2D eigenvalue weighted by molar-refractivity contribution is 5.94. The van der Waals surface area contributed by atoms with Gasteiger partial charge in [-0.25, -0.2) is 4.79 Å². The number of carboxylic acids is 1. The molecule has 6 nitrogen and oxygen atoms in total. The quantitative estimate of drug-likeness (QED) is 0.503. The number of aromatic hydroxyl groups is 2. The Morgan fingerprint density at radius 3 is 2.33 bits per heavy atom. The smallest absolute Gasteiger partial charge is 0.328 e. The molecule has 0 aliphatic carbocycles. The Labute approximate surface area is 120 Å². The first-order chi connectivity index (χ1) is 9.95. The SMILES string of the molecule is O=C(O)/C=C/C(=O)NCc1ccc2cc(O)c(O)cc2c1. The summed E-state index contributed by atoms with van der Waals surface area (Å²) in [5, 5.41) is 31.3. The van der Waals surface area contributed by atoms with Gasteiger partial charge in [-0.3, -0.25) is 4.79 Å². The lowest BCUT2D eigenvalue weighted by molar-refractivity contribution is -0.131. The average Bonchev–Trinajstić information content (AvgIpc) is 2.44. The van der Waals surface area contributed by atoms with E-state index in [1.54, 1.807) is 18.2 Å². The summed E-state index contributed by atoms with van der Waals surface area (Å²) < 4.78 is 0. The van der Waals surface area contributed by atoms with Crippen molar-refractivity contribution in [3.8, 4) is 11.5 Å². The lowest BCUT2D eigenvalue weighted by Gasteiger charge is -2.06. The van der Waals surface area contributed by atoms with Crippen LogP contribution in [0.3, 0.4) is 0 Å². The van der Waals surface area contributed by atoms with E-state index in [-0.39, 0.29) is 18.0 Å². The van der Waals surface area contributed by atoms with Gasteiger partial charge in [-0.1, -0.05) is 12.1 Å². The monoisotopic (exact) mass is 287 g/mol. The molecule has 0 saturated carbocycles. The normalized spacial score (nSPS) is 10.9. The van der Waals surface area contributed by atoms with Crippen LogP contribution >= 0.6 is 0 Å². The summed E-state index contributed by atoms with van der Waals surface area (Å²) in [7, 11) is 0. The number of fused-ring (bicyclic) bond motifs is 1. The fourth-order valence-corrected chi connectivity index (χ4v) is 1.83. The second-order valence-electron chi connectivity index (χ2n) is 4.41. The molecule has 0 saturated heterocycles. The van der Waals surface area contributed by atoms with Gasteiger partial charge in [0.1, 0.15) is 0 Å². The molecule has 0 radical (unpaired) electrons. The van der Waals surface area contributed by atoms with E-state index in [4.69, 9.17) is 5.11 Å². The van der Waals surface area contributed by atoms with Gasteiger partial charge in [0.25, 0.3) is 0 Å². The van der Waals surface area contributed by atoms with Gasteiger partial charge < -0.3 is 20.6 Å². The first-order valence-corrected chi connectivity index (χ1v) is 6.09. The van der Waals surface area contributed by atoms with Crippen LogP contribution in [0, 0.1) is 0 Å². The van der Waals surface area contributed by atoms with Crippen molar-refractivity contribution in [2.45, 2.75) is 6.54 Å². The maximum atomic E-state index is 11.3. The molecular formula is C15H13NO5. The van der Waals surface area contributed by atoms with Gasteiger partial charge in [-0.2, -0.15) is 0 Å². The minimum atomic E-state index is -1.19. The van der Waals surface area contributed by atoms with E-state index in [1.165, 1.54) is 12.1 Å². The maximum absolute atomic E-state index is 11.3. The highest BCUT2D eigenvalue weighted by atomic mass is 16.4. The van der Waals surface area contributed by atoms with Crippen LogP contribution in [0.1, 0.15) is 5.56 Å². The summed E-state index contributed by atoms with van der Waals surface area (Å²) in [5.74, 6) is -2.10. The summed E-state index contributed by atoms with van der Waals surface area (Å²) in [6, 6.07) is 8.15. The van der Waals surface area contributed by atoms with Crippen molar-refractivity contribution in [2.24, 2.45) is 0 Å². The third-order valence-electron chi connectivity index (χ3n) is 2.84. The Morgan fingerprint density at radius 1 is 1.00 bits per heavy atom. The molecule has 0 bridgehead atoms. The molecule has 21 heavy (non-hydrogen) atoms. The fraction of sp³-hybridized carbons (Fsp3) is 0.0667. The number of carbonyl (C=O) groups is 2. The van der Waals surface area contributed by atoms with Crippen LogP contribution in [0.15, 0.2) is 42.5 Å². The number of carbonyl (C=O) groups excluding carboxylic acids is 1. The molecule has 2 rings (SSSR count). The first kappa shape index (κ1) is 14.4. The molecule has 2 aromatic carbocycles. The van der Waals surface area contributed by atoms with E-state index < -0.39 is 11.9 Å². The number of aliphatic carboxylic acids is 1. The zero-order chi connectivity index (χ0) is 15.4. The summed E-state index contributed by atoms with van der Waals surface area (Å²) in [6.07, 6.45) is 1.70. The zero-order valence-electron chi connectivity index (χ0n) is 10.9. The van der Waals surface area contributed by atoms with Gasteiger partial charge >= 0.3 is 5.97 Å². The van der Waals surface area contributed by atoms with Crippen LogP contribution in [-0.4, -0.2) is 27.2 Å². The predicted molar refractivity (Wildman–Crippen MR) is 75.9 cm³/mol. The summed E-state index contributed by atoms with van der Waals surface area (Å²) >= 11 is 0. The summed E-state index contributed by atoms with van der Waals surface area (Å²) in [6.45, 7) is 0.223. The van der Waals surface area contributed by atoms with Crippen LogP contribution in [0.5, 0.6) is 11.5 Å². The number of carboxylic acid groups (broad SMARTS) is 1. The Kier molecular flexibility index (Phi) is 4.08. The Hall–Kier alpha value is -3.02. The van der Waals surface area contributed by atoms with Gasteiger partial charge in [0, 0.05) is 18.7 Å². The van der Waals surface area contributed by atoms with Gasteiger partial charge in [0.05, 0.1) is 0 Å². The lowest BCUT2D eigenvalue weighted by atomic mass is 10.1. The molecule has 0 fully saturated rings. The Balaban J connectivity index is 2.11. The standard InChI is InChI=1S/C15H13NO5/c17-12-6-10-2-1-9(5-11(10)7-13(12)18)8-16-14(19)3-4-15(20)21/h1-7,17-18H,8H2,(H,16,19)(H,20,21)/b4-3+. The molecule has 0 spiro atoms. The van der Waals surface area contributed by atoms with Crippen molar-refractivity contribution >= 4 is 22.6 Å². The fourth-order valence-electron chi connectivity index (χ4n) is 1.83. The molecule has 108 valence electrons. The van der Waals surface area contributed by atoms with Crippen molar-refractivity contribution in [3.05, 3.63) is 48.0 Å². The van der Waals surface area contributed by atoms with Gasteiger partial charge in [0.15, 0.2) is 11.5 Å².